The molecule has 1 unspecified atom stereocenters. The summed E-state index contributed by atoms with van der Waals surface area (Å²) in [6, 6.07) is 11.2. The third-order valence-corrected chi connectivity index (χ3v) is 7.24. The minimum absolute atomic E-state index is 0. The standard InChI is InChI=1S/C21H24ClN3O7S.ClH/c1-2-31-20(14-26)24-11-12-25(19(13-24)21(27)23-28)33(29,30)18-9-7-17(8-10-18)32-16-5-3-15(22)4-6-16;/h3-10,14,19-20,28H,2,11-13H2,1H3,(H,23,27);1H/t19-,20?;/m1./s1. The highest BCUT2D eigenvalue weighted by Crippen LogP contribution is 2.27. The van der Waals surface area contributed by atoms with E-state index in [9.17, 15) is 18.0 Å². The van der Waals surface area contributed by atoms with Crippen LogP contribution in [0.1, 0.15) is 6.92 Å². The predicted octanol–water partition coefficient (Wildman–Crippen LogP) is 2.30. The number of nitrogens with zero attached hydrogens (tertiary/aromatic N) is 2. The topological polar surface area (TPSA) is 125 Å². The molecule has 1 saturated heterocycles. The normalized spacial score (nSPS) is 17.9. The lowest BCUT2D eigenvalue weighted by Crippen LogP contribution is -2.62. The number of carbonyl (C=O) groups is 2. The Balaban J connectivity index is 0.00000408. The molecule has 1 amide bonds. The molecule has 0 spiro atoms. The zero-order chi connectivity index (χ0) is 24.0. The minimum Gasteiger partial charge on any atom is -0.457 e. The number of hydrogen-bond acceptors (Lipinski definition) is 8. The fraction of sp³-hybridized carbons (Fsp3) is 0.333. The van der Waals surface area contributed by atoms with Crippen molar-refractivity contribution in [3.05, 3.63) is 53.6 Å². The number of ether oxygens (including phenoxy) is 2. The molecule has 10 nitrogen and oxygen atoms in total. The maximum absolute atomic E-state index is 13.3. The van der Waals surface area contributed by atoms with Gasteiger partial charge in [0.05, 0.1) is 4.90 Å². The predicted molar refractivity (Wildman–Crippen MR) is 126 cm³/mol. The van der Waals surface area contributed by atoms with E-state index < -0.39 is 28.2 Å². The highest BCUT2D eigenvalue weighted by molar-refractivity contribution is 7.89. The molecule has 0 saturated carbocycles. The van der Waals surface area contributed by atoms with Crippen LogP contribution in [0.3, 0.4) is 0 Å². The average Bonchev–Trinajstić information content (AvgIpc) is 2.83. The third kappa shape index (κ3) is 6.45. The summed E-state index contributed by atoms with van der Waals surface area (Å²) in [5, 5.41) is 9.72. The second kappa shape index (κ2) is 12.5. The summed E-state index contributed by atoms with van der Waals surface area (Å²) < 4.78 is 38.6. The summed E-state index contributed by atoms with van der Waals surface area (Å²) >= 11 is 5.86. The number of carbonyl (C=O) groups excluding carboxylic acids is 2. The SMILES string of the molecule is CCOC(C=O)N1CCN(S(=O)(=O)c2ccc(Oc3ccc(Cl)cc3)cc2)[C@@H](C(=O)NO)C1.Cl. The number of hydroxylamine groups is 1. The summed E-state index contributed by atoms with van der Waals surface area (Å²) in [5.74, 6) is 0.0354. The fourth-order valence-electron chi connectivity index (χ4n) is 3.45. The molecule has 0 aliphatic carbocycles. The maximum Gasteiger partial charge on any atom is 0.263 e. The minimum atomic E-state index is -4.10. The van der Waals surface area contributed by atoms with E-state index in [1.165, 1.54) is 29.7 Å². The lowest BCUT2D eigenvalue weighted by molar-refractivity contribution is -0.143. The molecule has 186 valence electrons. The molecule has 2 atom stereocenters. The molecule has 1 aliphatic heterocycles. The van der Waals surface area contributed by atoms with Crippen LogP contribution in [0.25, 0.3) is 0 Å². The number of halogens is 2. The van der Waals surface area contributed by atoms with Gasteiger partial charge in [0.25, 0.3) is 5.91 Å². The Morgan fingerprint density at radius 3 is 2.29 bits per heavy atom. The van der Waals surface area contributed by atoms with Gasteiger partial charge in [-0.15, -0.1) is 12.4 Å². The van der Waals surface area contributed by atoms with Crippen molar-refractivity contribution in [3.63, 3.8) is 0 Å². The summed E-state index contributed by atoms with van der Waals surface area (Å²) in [6.07, 6.45) is -0.334. The van der Waals surface area contributed by atoms with Crippen molar-refractivity contribution in [3.8, 4) is 11.5 Å². The first-order valence-corrected chi connectivity index (χ1v) is 11.9. The summed E-state index contributed by atoms with van der Waals surface area (Å²) in [4.78, 5) is 25.1. The van der Waals surface area contributed by atoms with Crippen molar-refractivity contribution in [2.75, 3.05) is 26.2 Å². The number of amides is 1. The number of nitrogens with one attached hydrogen (secondary N) is 1. The molecular weight excluding hydrogens is 509 g/mol. The van der Waals surface area contributed by atoms with Crippen LogP contribution in [0, 0.1) is 0 Å². The number of hydrogen-bond donors (Lipinski definition) is 2. The molecule has 0 aromatic heterocycles. The van der Waals surface area contributed by atoms with Gasteiger partial charge in [0.2, 0.25) is 10.0 Å². The molecule has 2 aromatic carbocycles. The van der Waals surface area contributed by atoms with E-state index in [1.54, 1.807) is 36.1 Å². The smallest absolute Gasteiger partial charge is 0.263 e. The van der Waals surface area contributed by atoms with Gasteiger partial charge in [-0.2, -0.15) is 4.31 Å². The second-order valence-corrected chi connectivity index (χ2v) is 9.44. The first-order valence-electron chi connectivity index (χ1n) is 10.1. The molecule has 3 rings (SSSR count). The van der Waals surface area contributed by atoms with Gasteiger partial charge in [-0.25, -0.2) is 13.9 Å². The zero-order valence-electron chi connectivity index (χ0n) is 18.2. The molecule has 1 heterocycles. The van der Waals surface area contributed by atoms with Crippen molar-refractivity contribution in [1.82, 2.24) is 14.7 Å². The van der Waals surface area contributed by atoms with Crippen molar-refractivity contribution in [2.24, 2.45) is 0 Å². The molecular formula is C21H25Cl2N3O7S. The van der Waals surface area contributed by atoms with Gasteiger partial charge in [-0.1, -0.05) is 11.6 Å². The monoisotopic (exact) mass is 533 g/mol. The summed E-state index contributed by atoms with van der Waals surface area (Å²) in [5.41, 5.74) is 1.51. The van der Waals surface area contributed by atoms with Crippen molar-refractivity contribution in [1.29, 1.82) is 0 Å². The van der Waals surface area contributed by atoms with Gasteiger partial charge in [0.1, 0.15) is 17.5 Å². The largest absolute Gasteiger partial charge is 0.457 e. The number of aldehydes is 1. The molecule has 1 aliphatic rings. The highest BCUT2D eigenvalue weighted by Gasteiger charge is 2.41. The van der Waals surface area contributed by atoms with E-state index in [0.29, 0.717) is 22.8 Å². The Labute approximate surface area is 208 Å². The first-order chi connectivity index (χ1) is 15.8. The average molecular weight is 534 g/mol. The molecule has 13 heteroatoms. The van der Waals surface area contributed by atoms with Crippen molar-refractivity contribution < 1.29 is 32.7 Å². The second-order valence-electron chi connectivity index (χ2n) is 7.11. The number of piperazine rings is 1. The van der Waals surface area contributed by atoms with Crippen LogP contribution in [0.5, 0.6) is 11.5 Å². The number of benzene rings is 2. The third-order valence-electron chi connectivity index (χ3n) is 5.07. The first kappa shape index (κ1) is 28.0. The molecule has 34 heavy (non-hydrogen) atoms. The molecule has 1 fully saturated rings. The number of rotatable bonds is 9. The van der Waals surface area contributed by atoms with Crippen LogP contribution >= 0.6 is 24.0 Å². The van der Waals surface area contributed by atoms with E-state index >= 15 is 0 Å². The summed E-state index contributed by atoms with van der Waals surface area (Å²) in [7, 11) is -4.10. The maximum atomic E-state index is 13.3. The van der Waals surface area contributed by atoms with E-state index in [1.807, 2.05) is 0 Å². The Morgan fingerprint density at radius 1 is 1.18 bits per heavy atom. The Hall–Kier alpha value is -2.25. The Morgan fingerprint density at radius 2 is 1.76 bits per heavy atom. The zero-order valence-corrected chi connectivity index (χ0v) is 20.6. The van der Waals surface area contributed by atoms with Crippen molar-refractivity contribution in [2.45, 2.75) is 24.1 Å². The van der Waals surface area contributed by atoms with Gasteiger partial charge in [0.15, 0.2) is 12.5 Å². The summed E-state index contributed by atoms with van der Waals surface area (Å²) in [6.45, 7) is 1.93. The van der Waals surface area contributed by atoms with E-state index in [2.05, 4.69) is 0 Å². The van der Waals surface area contributed by atoms with Gasteiger partial charge in [0, 0.05) is 31.3 Å². The van der Waals surface area contributed by atoms with Crippen LogP contribution < -0.4 is 10.2 Å². The quantitative estimate of drug-likeness (QED) is 0.285. The fourth-order valence-corrected chi connectivity index (χ4v) is 5.15. The molecule has 0 radical (unpaired) electrons. The lowest BCUT2D eigenvalue weighted by atomic mass is 10.2. The Bertz CT molecular complexity index is 1070. The molecule has 2 aromatic rings. The van der Waals surface area contributed by atoms with Crippen LogP contribution in [0.15, 0.2) is 53.4 Å². The van der Waals surface area contributed by atoms with Gasteiger partial charge >= 0.3 is 0 Å². The molecule has 2 N–H and O–H groups in total. The van der Waals surface area contributed by atoms with Crippen molar-refractivity contribution >= 4 is 46.2 Å². The Kier molecular flexibility index (Phi) is 10.3. The van der Waals surface area contributed by atoms with Crippen LogP contribution in [-0.4, -0.2) is 73.5 Å². The number of sulfonamides is 1. The van der Waals surface area contributed by atoms with E-state index in [-0.39, 0.29) is 43.5 Å². The van der Waals surface area contributed by atoms with Crippen LogP contribution in [0.4, 0.5) is 0 Å². The van der Waals surface area contributed by atoms with Gasteiger partial charge in [-0.05, 0) is 55.5 Å². The lowest BCUT2D eigenvalue weighted by Gasteiger charge is -2.40. The molecule has 0 bridgehead atoms. The van der Waals surface area contributed by atoms with Crippen LogP contribution in [0.2, 0.25) is 5.02 Å². The highest BCUT2D eigenvalue weighted by atomic mass is 35.5. The van der Waals surface area contributed by atoms with Crippen LogP contribution in [-0.2, 0) is 24.3 Å². The van der Waals surface area contributed by atoms with E-state index in [0.717, 1.165) is 4.31 Å². The van der Waals surface area contributed by atoms with Gasteiger partial charge in [-0.3, -0.25) is 19.7 Å². The van der Waals surface area contributed by atoms with Gasteiger partial charge < -0.3 is 9.47 Å². The van der Waals surface area contributed by atoms with E-state index in [4.69, 9.17) is 26.3 Å².